The Bertz CT molecular complexity index is 435. The lowest BCUT2D eigenvalue weighted by molar-refractivity contribution is -0.205. The van der Waals surface area contributed by atoms with Gasteiger partial charge in [0.2, 0.25) is 5.79 Å². The van der Waals surface area contributed by atoms with Gasteiger partial charge in [0, 0.05) is 12.8 Å². The van der Waals surface area contributed by atoms with Crippen LogP contribution in [0.15, 0.2) is 18.2 Å². The summed E-state index contributed by atoms with van der Waals surface area (Å²) in [7, 11) is 0. The number of benzene rings is 1. The Kier molecular flexibility index (Phi) is 4.76. The molecular formula is C16H26N2O2. The van der Waals surface area contributed by atoms with Gasteiger partial charge in [-0.2, -0.15) is 0 Å². The first-order chi connectivity index (χ1) is 9.56. The molecule has 1 saturated carbocycles. The van der Waals surface area contributed by atoms with E-state index in [4.69, 9.17) is 20.9 Å². The van der Waals surface area contributed by atoms with Crippen LogP contribution in [0.5, 0.6) is 5.75 Å². The summed E-state index contributed by atoms with van der Waals surface area (Å²) in [5, 5.41) is 0. The van der Waals surface area contributed by atoms with Crippen molar-refractivity contribution in [1.82, 2.24) is 0 Å². The molecule has 4 N–H and O–H groups in total. The van der Waals surface area contributed by atoms with Gasteiger partial charge in [0.25, 0.3) is 0 Å². The van der Waals surface area contributed by atoms with Crippen LogP contribution in [0.25, 0.3) is 0 Å². The molecule has 1 aromatic rings. The van der Waals surface area contributed by atoms with Crippen LogP contribution >= 0.6 is 0 Å². The fraction of sp³-hybridized carbons (Fsp3) is 0.625. The lowest BCUT2D eigenvalue weighted by Crippen LogP contribution is -2.43. The van der Waals surface area contributed by atoms with Gasteiger partial charge >= 0.3 is 0 Å². The number of ether oxygens (including phenoxy) is 2. The Balaban J connectivity index is 2.17. The highest BCUT2D eigenvalue weighted by atomic mass is 16.7. The van der Waals surface area contributed by atoms with E-state index in [1.54, 1.807) is 6.07 Å². The molecule has 20 heavy (non-hydrogen) atoms. The Labute approximate surface area is 121 Å². The molecule has 0 radical (unpaired) electrons. The largest absolute Gasteiger partial charge is 0.460 e. The second kappa shape index (κ2) is 6.35. The molecule has 2 rings (SSSR count). The van der Waals surface area contributed by atoms with Crippen molar-refractivity contribution in [3.63, 3.8) is 0 Å². The smallest absolute Gasteiger partial charge is 0.210 e. The summed E-state index contributed by atoms with van der Waals surface area (Å²) < 4.78 is 12.2. The molecule has 0 unspecified atom stereocenters. The zero-order chi connectivity index (χ0) is 14.6. The zero-order valence-electron chi connectivity index (χ0n) is 12.5. The molecule has 112 valence electrons. The molecule has 4 heteroatoms. The van der Waals surface area contributed by atoms with Crippen molar-refractivity contribution in [2.45, 2.75) is 51.7 Å². The number of hydrogen-bond donors (Lipinski definition) is 2. The normalized spacial score (nSPS) is 26.4. The zero-order valence-corrected chi connectivity index (χ0v) is 12.5. The van der Waals surface area contributed by atoms with Crippen LogP contribution in [-0.2, 0) is 4.74 Å². The van der Waals surface area contributed by atoms with Gasteiger partial charge in [0.1, 0.15) is 5.75 Å². The third-order valence-electron chi connectivity index (χ3n) is 4.00. The first-order valence-corrected chi connectivity index (χ1v) is 7.53. The molecule has 0 saturated heterocycles. The lowest BCUT2D eigenvalue weighted by atomic mass is 9.86. The van der Waals surface area contributed by atoms with Crippen LogP contribution in [0.3, 0.4) is 0 Å². The molecular weight excluding hydrogens is 252 g/mol. The van der Waals surface area contributed by atoms with Crippen molar-refractivity contribution in [3.8, 4) is 5.75 Å². The van der Waals surface area contributed by atoms with Crippen molar-refractivity contribution in [3.05, 3.63) is 18.2 Å². The Morgan fingerprint density at radius 3 is 2.60 bits per heavy atom. The third-order valence-corrected chi connectivity index (χ3v) is 4.00. The highest BCUT2D eigenvalue weighted by Gasteiger charge is 2.37. The van der Waals surface area contributed by atoms with E-state index < -0.39 is 5.79 Å². The second-order valence-corrected chi connectivity index (χ2v) is 5.80. The van der Waals surface area contributed by atoms with Gasteiger partial charge in [-0.05, 0) is 37.3 Å². The summed E-state index contributed by atoms with van der Waals surface area (Å²) in [6.07, 6.45) is 5.02. The summed E-state index contributed by atoms with van der Waals surface area (Å²) in [5.74, 6) is 0.829. The second-order valence-electron chi connectivity index (χ2n) is 5.80. The monoisotopic (exact) mass is 278 g/mol. The minimum atomic E-state index is -0.537. The molecule has 4 nitrogen and oxygen atoms in total. The molecule has 0 spiro atoms. The third kappa shape index (κ3) is 3.37. The first-order valence-electron chi connectivity index (χ1n) is 7.53. The Hall–Kier alpha value is -1.42. The van der Waals surface area contributed by atoms with Crippen molar-refractivity contribution in [1.29, 1.82) is 0 Å². The number of nitrogens with two attached hydrogens (primary N) is 2. The maximum atomic E-state index is 6.18. The van der Waals surface area contributed by atoms with Gasteiger partial charge < -0.3 is 20.9 Å². The molecule has 0 aliphatic heterocycles. The van der Waals surface area contributed by atoms with Gasteiger partial charge in [0.15, 0.2) is 0 Å². The molecule has 0 amide bonds. The van der Waals surface area contributed by atoms with Crippen LogP contribution in [0, 0.1) is 5.92 Å². The van der Waals surface area contributed by atoms with Gasteiger partial charge in [-0.1, -0.05) is 19.9 Å². The van der Waals surface area contributed by atoms with Gasteiger partial charge in [-0.15, -0.1) is 0 Å². The van der Waals surface area contributed by atoms with E-state index in [1.807, 2.05) is 12.1 Å². The Morgan fingerprint density at radius 2 is 1.95 bits per heavy atom. The van der Waals surface area contributed by atoms with E-state index in [9.17, 15) is 0 Å². The average molecular weight is 278 g/mol. The van der Waals surface area contributed by atoms with Crippen LogP contribution in [0.4, 0.5) is 11.4 Å². The molecule has 0 bridgehead atoms. The fourth-order valence-corrected chi connectivity index (χ4v) is 2.62. The molecule has 1 aliphatic carbocycles. The molecule has 0 heterocycles. The number of rotatable bonds is 5. The van der Waals surface area contributed by atoms with Crippen LogP contribution in [-0.4, -0.2) is 12.4 Å². The van der Waals surface area contributed by atoms with Crippen molar-refractivity contribution >= 4 is 11.4 Å². The van der Waals surface area contributed by atoms with Crippen molar-refractivity contribution in [2.24, 2.45) is 5.92 Å². The number of para-hydroxylation sites is 1. The topological polar surface area (TPSA) is 70.5 Å². The Morgan fingerprint density at radius 1 is 1.25 bits per heavy atom. The van der Waals surface area contributed by atoms with Crippen molar-refractivity contribution < 1.29 is 9.47 Å². The predicted molar refractivity (Wildman–Crippen MR) is 82.5 cm³/mol. The van der Waals surface area contributed by atoms with Crippen molar-refractivity contribution in [2.75, 3.05) is 18.1 Å². The van der Waals surface area contributed by atoms with E-state index >= 15 is 0 Å². The highest BCUT2D eigenvalue weighted by Crippen LogP contribution is 2.39. The molecule has 1 fully saturated rings. The number of anilines is 2. The summed E-state index contributed by atoms with van der Waals surface area (Å²) >= 11 is 0. The van der Waals surface area contributed by atoms with E-state index in [-0.39, 0.29) is 0 Å². The van der Waals surface area contributed by atoms with E-state index in [1.165, 1.54) is 0 Å². The molecule has 1 aliphatic rings. The SMILES string of the molecule is CCCOC1(Oc2cccc(N)c2N)CCC(C)CC1. The van der Waals surface area contributed by atoms with Crippen LogP contribution in [0.1, 0.15) is 46.0 Å². The van der Waals surface area contributed by atoms with E-state index in [2.05, 4.69) is 13.8 Å². The maximum Gasteiger partial charge on any atom is 0.210 e. The fourth-order valence-electron chi connectivity index (χ4n) is 2.62. The maximum absolute atomic E-state index is 6.18. The first kappa shape index (κ1) is 15.0. The summed E-state index contributed by atoms with van der Waals surface area (Å²) in [4.78, 5) is 0. The molecule has 0 atom stereocenters. The van der Waals surface area contributed by atoms with Crippen LogP contribution in [0.2, 0.25) is 0 Å². The number of hydrogen-bond acceptors (Lipinski definition) is 4. The lowest BCUT2D eigenvalue weighted by Gasteiger charge is -2.39. The minimum Gasteiger partial charge on any atom is -0.460 e. The molecule has 0 aromatic heterocycles. The predicted octanol–water partition coefficient (Wildman–Crippen LogP) is 3.56. The van der Waals surface area contributed by atoms with Gasteiger partial charge in [-0.25, -0.2) is 0 Å². The van der Waals surface area contributed by atoms with E-state index in [0.717, 1.165) is 38.0 Å². The highest BCUT2D eigenvalue weighted by molar-refractivity contribution is 5.70. The minimum absolute atomic E-state index is 0.505. The quantitative estimate of drug-likeness (QED) is 0.638. The standard InChI is InChI=1S/C16H26N2O2/c1-3-11-19-16(9-7-12(2)8-10-16)20-14-6-4-5-13(17)15(14)18/h4-6,12H,3,7-11,17-18H2,1-2H3. The molecule has 1 aromatic carbocycles. The van der Waals surface area contributed by atoms with Gasteiger partial charge in [0.05, 0.1) is 18.0 Å². The van der Waals surface area contributed by atoms with Gasteiger partial charge in [-0.3, -0.25) is 0 Å². The summed E-state index contributed by atoms with van der Waals surface area (Å²) in [6, 6.07) is 5.51. The van der Waals surface area contributed by atoms with Crippen LogP contribution < -0.4 is 16.2 Å². The average Bonchev–Trinajstić information content (AvgIpc) is 2.45. The number of nitrogen functional groups attached to an aromatic ring is 2. The summed E-state index contributed by atoms with van der Waals surface area (Å²) in [5.41, 5.74) is 12.9. The van der Waals surface area contributed by atoms with E-state index in [0.29, 0.717) is 23.7 Å². The summed E-state index contributed by atoms with van der Waals surface area (Å²) in [6.45, 7) is 5.09.